The van der Waals surface area contributed by atoms with Crippen molar-refractivity contribution in [1.29, 1.82) is 0 Å². The lowest BCUT2D eigenvalue weighted by atomic mass is 10.1. The fourth-order valence-corrected chi connectivity index (χ4v) is 4.72. The molecule has 26 heavy (non-hydrogen) atoms. The number of hydrogen-bond donors (Lipinski definition) is 2. The van der Waals surface area contributed by atoms with Gasteiger partial charge in [-0.05, 0) is 49.3 Å². The summed E-state index contributed by atoms with van der Waals surface area (Å²) in [4.78, 5) is 12.3. The Kier molecular flexibility index (Phi) is 7.46. The van der Waals surface area contributed by atoms with Crippen LogP contribution in [0.2, 0.25) is 0 Å². The minimum absolute atomic E-state index is 0. The van der Waals surface area contributed by atoms with Crippen molar-refractivity contribution in [3.05, 3.63) is 29.8 Å². The monoisotopic (exact) mass is 401 g/mol. The molecule has 1 heterocycles. The minimum Gasteiger partial charge on any atom is -0.354 e. The molecule has 1 aromatic rings. The van der Waals surface area contributed by atoms with E-state index in [9.17, 15) is 13.2 Å². The standard InChI is InChI=1S/C18H27N3O3S.ClH/c19-17(15-6-7-15)13-20-18(22)12-14-4-8-16(9-5-14)25(23,24)21-10-2-1-3-11-21;/h4-5,8-9,15,17H,1-3,6-7,10-13,19H2,(H,20,22);1H. The smallest absolute Gasteiger partial charge is 0.243 e. The van der Waals surface area contributed by atoms with Crippen molar-refractivity contribution in [2.75, 3.05) is 19.6 Å². The summed E-state index contributed by atoms with van der Waals surface area (Å²) in [7, 11) is -3.42. The number of rotatable bonds is 7. The predicted octanol–water partition coefficient (Wildman–Crippen LogP) is 1.68. The number of nitrogens with one attached hydrogen (secondary N) is 1. The summed E-state index contributed by atoms with van der Waals surface area (Å²) >= 11 is 0. The van der Waals surface area contributed by atoms with Gasteiger partial charge in [0, 0.05) is 25.7 Å². The number of halogens is 1. The van der Waals surface area contributed by atoms with Crippen molar-refractivity contribution in [3.63, 3.8) is 0 Å². The van der Waals surface area contributed by atoms with E-state index in [0.717, 1.165) is 37.7 Å². The first-order valence-electron chi connectivity index (χ1n) is 9.08. The largest absolute Gasteiger partial charge is 0.354 e. The zero-order valence-corrected chi connectivity index (χ0v) is 16.5. The zero-order chi connectivity index (χ0) is 17.9. The molecule has 8 heteroatoms. The fraction of sp³-hybridized carbons (Fsp3) is 0.611. The molecule has 1 atom stereocenters. The zero-order valence-electron chi connectivity index (χ0n) is 14.9. The Morgan fingerprint density at radius 2 is 1.77 bits per heavy atom. The van der Waals surface area contributed by atoms with Crippen molar-refractivity contribution in [2.45, 2.75) is 49.5 Å². The van der Waals surface area contributed by atoms with E-state index in [1.807, 2.05) is 0 Å². The van der Waals surface area contributed by atoms with Crippen LogP contribution in [-0.2, 0) is 21.2 Å². The third-order valence-electron chi connectivity index (χ3n) is 5.00. The van der Waals surface area contributed by atoms with E-state index in [1.165, 1.54) is 0 Å². The van der Waals surface area contributed by atoms with Crippen molar-refractivity contribution in [2.24, 2.45) is 11.7 Å². The number of carbonyl (C=O) groups is 1. The molecule has 0 radical (unpaired) electrons. The second-order valence-corrected chi connectivity index (χ2v) is 9.03. The average Bonchev–Trinajstić information content (AvgIpc) is 3.46. The van der Waals surface area contributed by atoms with Crippen LogP contribution in [0.25, 0.3) is 0 Å². The van der Waals surface area contributed by atoms with E-state index in [1.54, 1.807) is 28.6 Å². The van der Waals surface area contributed by atoms with Gasteiger partial charge >= 0.3 is 0 Å². The maximum atomic E-state index is 12.6. The van der Waals surface area contributed by atoms with Crippen LogP contribution < -0.4 is 11.1 Å². The first kappa shape index (κ1) is 21.2. The second-order valence-electron chi connectivity index (χ2n) is 7.09. The Hall–Kier alpha value is -1.15. The molecule has 1 saturated heterocycles. The van der Waals surface area contributed by atoms with Crippen LogP contribution in [0, 0.1) is 5.92 Å². The minimum atomic E-state index is -3.42. The molecule has 0 bridgehead atoms. The van der Waals surface area contributed by atoms with Crippen molar-refractivity contribution < 1.29 is 13.2 Å². The summed E-state index contributed by atoms with van der Waals surface area (Å²) in [6.45, 7) is 1.69. The van der Waals surface area contributed by atoms with Gasteiger partial charge in [0.05, 0.1) is 11.3 Å². The molecule has 0 spiro atoms. The summed E-state index contributed by atoms with van der Waals surface area (Å²) in [5, 5.41) is 2.86. The van der Waals surface area contributed by atoms with Gasteiger partial charge in [0.25, 0.3) is 0 Å². The molecule has 1 saturated carbocycles. The molecular formula is C18H28ClN3O3S. The molecule has 1 unspecified atom stereocenters. The molecule has 1 aliphatic heterocycles. The normalized spacial score (nSPS) is 19.4. The molecule has 6 nitrogen and oxygen atoms in total. The highest BCUT2D eigenvalue weighted by Crippen LogP contribution is 2.31. The average molecular weight is 402 g/mol. The Morgan fingerprint density at radius 3 is 2.35 bits per heavy atom. The highest BCUT2D eigenvalue weighted by atomic mass is 35.5. The van der Waals surface area contributed by atoms with E-state index in [0.29, 0.717) is 30.4 Å². The van der Waals surface area contributed by atoms with Gasteiger partial charge in [-0.2, -0.15) is 4.31 Å². The number of carbonyl (C=O) groups excluding carboxylic acids is 1. The van der Waals surface area contributed by atoms with Gasteiger partial charge in [0.2, 0.25) is 15.9 Å². The first-order chi connectivity index (χ1) is 12.0. The topological polar surface area (TPSA) is 92.5 Å². The van der Waals surface area contributed by atoms with Gasteiger partial charge in [-0.25, -0.2) is 8.42 Å². The quantitative estimate of drug-likeness (QED) is 0.726. The molecule has 2 aliphatic rings. The lowest BCUT2D eigenvalue weighted by Gasteiger charge is -2.25. The second kappa shape index (κ2) is 9.17. The Morgan fingerprint density at radius 1 is 1.15 bits per heavy atom. The van der Waals surface area contributed by atoms with Gasteiger partial charge in [-0.1, -0.05) is 18.6 Å². The number of sulfonamides is 1. The molecule has 1 aliphatic carbocycles. The molecule has 2 fully saturated rings. The number of benzene rings is 1. The van der Waals surface area contributed by atoms with Crippen LogP contribution in [-0.4, -0.2) is 44.3 Å². The highest BCUT2D eigenvalue weighted by Gasteiger charge is 2.28. The SMILES string of the molecule is Cl.NC(CNC(=O)Cc1ccc(S(=O)(=O)N2CCCCC2)cc1)C1CC1. The number of amides is 1. The first-order valence-corrected chi connectivity index (χ1v) is 10.5. The number of nitrogens with two attached hydrogens (primary N) is 1. The molecule has 146 valence electrons. The van der Waals surface area contributed by atoms with Gasteiger partial charge in [0.15, 0.2) is 0 Å². The van der Waals surface area contributed by atoms with Crippen LogP contribution in [0.4, 0.5) is 0 Å². The summed E-state index contributed by atoms with van der Waals surface area (Å²) in [6, 6.07) is 6.68. The maximum Gasteiger partial charge on any atom is 0.243 e. The number of hydrogen-bond acceptors (Lipinski definition) is 4. The van der Waals surface area contributed by atoms with Gasteiger partial charge < -0.3 is 11.1 Å². The van der Waals surface area contributed by atoms with Gasteiger partial charge in [-0.3, -0.25) is 4.79 Å². The molecule has 3 N–H and O–H groups in total. The lowest BCUT2D eigenvalue weighted by molar-refractivity contribution is -0.120. The van der Waals surface area contributed by atoms with Crippen LogP contribution >= 0.6 is 12.4 Å². The Labute approximate surface area is 162 Å². The van der Waals surface area contributed by atoms with Crippen LogP contribution in [0.1, 0.15) is 37.7 Å². The van der Waals surface area contributed by atoms with Gasteiger partial charge in [-0.15, -0.1) is 12.4 Å². The van der Waals surface area contributed by atoms with E-state index in [-0.39, 0.29) is 30.8 Å². The van der Waals surface area contributed by atoms with Crippen molar-refractivity contribution in [3.8, 4) is 0 Å². The third-order valence-corrected chi connectivity index (χ3v) is 6.92. The summed E-state index contributed by atoms with van der Waals surface area (Å²) in [6.07, 6.45) is 5.47. The summed E-state index contributed by atoms with van der Waals surface area (Å²) in [5.74, 6) is 0.474. The molecule has 3 rings (SSSR count). The van der Waals surface area contributed by atoms with Crippen molar-refractivity contribution in [1.82, 2.24) is 9.62 Å². The van der Waals surface area contributed by atoms with Crippen LogP contribution in [0.15, 0.2) is 29.2 Å². The van der Waals surface area contributed by atoms with E-state index >= 15 is 0 Å². The van der Waals surface area contributed by atoms with Crippen LogP contribution in [0.5, 0.6) is 0 Å². The third kappa shape index (κ3) is 5.42. The predicted molar refractivity (Wildman–Crippen MR) is 104 cm³/mol. The molecular weight excluding hydrogens is 374 g/mol. The fourth-order valence-electron chi connectivity index (χ4n) is 3.20. The summed E-state index contributed by atoms with van der Waals surface area (Å²) < 4.78 is 26.8. The summed E-state index contributed by atoms with van der Waals surface area (Å²) in [5.41, 5.74) is 6.77. The van der Waals surface area contributed by atoms with E-state index < -0.39 is 10.0 Å². The van der Waals surface area contributed by atoms with Crippen LogP contribution in [0.3, 0.4) is 0 Å². The number of nitrogens with zero attached hydrogens (tertiary/aromatic N) is 1. The van der Waals surface area contributed by atoms with Gasteiger partial charge in [0.1, 0.15) is 0 Å². The molecule has 0 aromatic heterocycles. The molecule has 1 aromatic carbocycles. The Balaban J connectivity index is 0.00000243. The van der Waals surface area contributed by atoms with E-state index in [4.69, 9.17) is 5.73 Å². The molecule has 1 amide bonds. The lowest BCUT2D eigenvalue weighted by Crippen LogP contribution is -2.39. The number of piperidine rings is 1. The van der Waals surface area contributed by atoms with E-state index in [2.05, 4.69) is 5.32 Å². The highest BCUT2D eigenvalue weighted by molar-refractivity contribution is 7.89. The Bertz CT molecular complexity index is 699. The van der Waals surface area contributed by atoms with Crippen molar-refractivity contribution >= 4 is 28.3 Å². The maximum absolute atomic E-state index is 12.6.